The van der Waals surface area contributed by atoms with Crippen LogP contribution in [-0.4, -0.2) is 51.2 Å². The van der Waals surface area contributed by atoms with Crippen LogP contribution in [-0.2, 0) is 11.2 Å². The summed E-state index contributed by atoms with van der Waals surface area (Å²) in [4.78, 5) is 14.5. The Labute approximate surface area is 199 Å². The van der Waals surface area contributed by atoms with Crippen molar-refractivity contribution in [2.24, 2.45) is 0 Å². The molecule has 1 unspecified atom stereocenters. The molecule has 1 fully saturated rings. The van der Waals surface area contributed by atoms with Crippen LogP contribution in [0, 0.1) is 0 Å². The predicted octanol–water partition coefficient (Wildman–Crippen LogP) is 5.35. The number of carbonyl (C=O) groups is 1. The largest absolute Gasteiger partial charge is 0.497 e. The zero-order valence-electron chi connectivity index (χ0n) is 20.7. The number of rotatable bonds is 6. The van der Waals surface area contributed by atoms with E-state index in [4.69, 9.17) is 9.47 Å². The highest BCUT2D eigenvalue weighted by molar-refractivity contribution is 5.94. The van der Waals surface area contributed by atoms with Crippen LogP contribution in [0.4, 0.5) is 0 Å². The van der Waals surface area contributed by atoms with Gasteiger partial charge in [0.1, 0.15) is 5.75 Å². The van der Waals surface area contributed by atoms with Crippen LogP contribution >= 0.6 is 0 Å². The first kappa shape index (κ1) is 25.3. The lowest BCUT2D eigenvalue weighted by Crippen LogP contribution is -2.34. The summed E-state index contributed by atoms with van der Waals surface area (Å²) in [6.45, 7) is 8.29. The molecule has 2 aromatic rings. The summed E-state index contributed by atoms with van der Waals surface area (Å²) < 4.78 is 11.4. The van der Waals surface area contributed by atoms with Crippen LogP contribution in [0.5, 0.6) is 5.75 Å². The molecule has 0 radical (unpaired) electrons. The van der Waals surface area contributed by atoms with E-state index in [0.29, 0.717) is 5.92 Å². The topological polar surface area (TPSA) is 50.8 Å². The molecule has 0 saturated carbocycles. The number of nitrogens with zero attached hydrogens (tertiary/aromatic N) is 1. The van der Waals surface area contributed by atoms with Gasteiger partial charge in [-0.25, -0.2) is 0 Å². The summed E-state index contributed by atoms with van der Waals surface area (Å²) in [5, 5.41) is 2.71. The van der Waals surface area contributed by atoms with E-state index in [2.05, 4.69) is 54.4 Å². The third kappa shape index (κ3) is 6.81. The van der Waals surface area contributed by atoms with Crippen LogP contribution in [0.3, 0.4) is 0 Å². The van der Waals surface area contributed by atoms with E-state index in [1.807, 2.05) is 12.1 Å². The summed E-state index contributed by atoms with van der Waals surface area (Å²) in [7, 11) is 3.38. The summed E-state index contributed by atoms with van der Waals surface area (Å²) in [5.41, 5.74) is 4.66. The van der Waals surface area contributed by atoms with Gasteiger partial charge in [-0.3, -0.25) is 4.79 Å². The van der Waals surface area contributed by atoms with E-state index in [9.17, 15) is 4.79 Å². The lowest BCUT2D eigenvalue weighted by molar-refractivity contribution is 0.0274. The standard InChI is InChI=1S/C25H32N2O3.C3H8/c1-26-25(28)21-5-8-23-20(17-21)12-16-30-24(23)11-15-27-13-9-19(10-14-27)18-3-6-22(29-2)7-4-18;1-3-2/h3-8,17,19,24H,9-16H2,1-2H3,(H,26,28);3H2,1-2H3. The molecule has 1 atom stereocenters. The van der Waals surface area contributed by atoms with Crippen LogP contribution in [0.25, 0.3) is 0 Å². The van der Waals surface area contributed by atoms with Crippen molar-refractivity contribution >= 4 is 5.91 Å². The zero-order chi connectivity index (χ0) is 23.6. The van der Waals surface area contributed by atoms with Crippen LogP contribution in [0.2, 0.25) is 0 Å². The Kier molecular flexibility index (Phi) is 9.76. The van der Waals surface area contributed by atoms with Gasteiger partial charge in [0.15, 0.2) is 0 Å². The maximum Gasteiger partial charge on any atom is 0.251 e. The lowest BCUT2D eigenvalue weighted by atomic mass is 9.89. The Morgan fingerprint density at radius 2 is 1.82 bits per heavy atom. The van der Waals surface area contributed by atoms with Crippen molar-refractivity contribution < 1.29 is 14.3 Å². The molecule has 4 rings (SSSR count). The van der Waals surface area contributed by atoms with Gasteiger partial charge in [-0.2, -0.15) is 0 Å². The summed E-state index contributed by atoms with van der Waals surface area (Å²) in [6, 6.07) is 14.6. The van der Waals surface area contributed by atoms with Crippen LogP contribution < -0.4 is 10.1 Å². The number of ether oxygens (including phenoxy) is 2. The van der Waals surface area contributed by atoms with Gasteiger partial charge >= 0.3 is 0 Å². The molecule has 180 valence electrons. The van der Waals surface area contributed by atoms with Crippen LogP contribution in [0.1, 0.15) is 78.6 Å². The first-order valence-corrected chi connectivity index (χ1v) is 12.4. The molecule has 0 bridgehead atoms. The number of benzene rings is 2. The second kappa shape index (κ2) is 12.8. The molecule has 2 heterocycles. The highest BCUT2D eigenvalue weighted by Crippen LogP contribution is 2.33. The molecule has 33 heavy (non-hydrogen) atoms. The molecular weight excluding hydrogens is 412 g/mol. The Hall–Kier alpha value is -2.37. The SMILES string of the molecule is CCC.CNC(=O)c1ccc2c(c1)CCOC2CCN1CCC(c2ccc(OC)cc2)CC1. The van der Waals surface area contributed by atoms with Crippen molar-refractivity contribution in [3.8, 4) is 5.75 Å². The molecule has 2 aliphatic rings. The van der Waals surface area contributed by atoms with Gasteiger partial charge in [0.25, 0.3) is 5.91 Å². The minimum Gasteiger partial charge on any atom is -0.497 e. The fourth-order valence-corrected chi connectivity index (χ4v) is 4.73. The Morgan fingerprint density at radius 3 is 2.45 bits per heavy atom. The average molecular weight is 453 g/mol. The molecule has 1 saturated heterocycles. The number of nitrogens with one attached hydrogen (secondary N) is 1. The second-order valence-electron chi connectivity index (χ2n) is 8.99. The van der Waals surface area contributed by atoms with E-state index in [1.54, 1.807) is 14.2 Å². The normalized spacial score (nSPS) is 18.6. The molecule has 5 heteroatoms. The number of likely N-dealkylation sites (tertiary alicyclic amines) is 1. The fourth-order valence-electron chi connectivity index (χ4n) is 4.73. The number of piperidine rings is 1. The Balaban J connectivity index is 0.000000968. The first-order chi connectivity index (χ1) is 16.1. The quantitative estimate of drug-likeness (QED) is 0.641. The Morgan fingerprint density at radius 1 is 1.12 bits per heavy atom. The molecule has 1 amide bonds. The predicted molar refractivity (Wildman–Crippen MR) is 134 cm³/mol. The minimum atomic E-state index is -0.0272. The monoisotopic (exact) mass is 452 g/mol. The number of carbonyl (C=O) groups excluding carboxylic acids is 1. The number of methoxy groups -OCH3 is 1. The summed E-state index contributed by atoms with van der Waals surface area (Å²) >= 11 is 0. The van der Waals surface area contributed by atoms with Crippen molar-refractivity contribution in [2.45, 2.75) is 58.0 Å². The van der Waals surface area contributed by atoms with Crippen molar-refractivity contribution in [1.29, 1.82) is 0 Å². The number of hydrogen-bond donors (Lipinski definition) is 1. The molecule has 0 spiro atoms. The highest BCUT2D eigenvalue weighted by atomic mass is 16.5. The summed E-state index contributed by atoms with van der Waals surface area (Å²) in [6.07, 6.45) is 5.66. The number of fused-ring (bicyclic) bond motifs is 1. The molecule has 0 aromatic heterocycles. The lowest BCUT2D eigenvalue weighted by Gasteiger charge is -2.34. The molecular formula is C28H40N2O3. The number of amides is 1. The van der Waals surface area contributed by atoms with Crippen LogP contribution in [0.15, 0.2) is 42.5 Å². The van der Waals surface area contributed by atoms with E-state index in [1.165, 1.54) is 36.0 Å². The van der Waals surface area contributed by atoms with Crippen molar-refractivity contribution in [3.63, 3.8) is 0 Å². The zero-order valence-corrected chi connectivity index (χ0v) is 20.7. The van der Waals surface area contributed by atoms with Gasteiger partial charge in [-0.15, -0.1) is 0 Å². The van der Waals surface area contributed by atoms with Gasteiger partial charge in [0.2, 0.25) is 0 Å². The van der Waals surface area contributed by atoms with E-state index >= 15 is 0 Å². The first-order valence-electron chi connectivity index (χ1n) is 12.4. The maximum absolute atomic E-state index is 11.9. The van der Waals surface area contributed by atoms with Gasteiger partial charge in [-0.05, 0) is 85.6 Å². The smallest absolute Gasteiger partial charge is 0.251 e. The van der Waals surface area contributed by atoms with Gasteiger partial charge in [0.05, 0.1) is 19.8 Å². The van der Waals surface area contributed by atoms with Crippen molar-refractivity contribution in [3.05, 3.63) is 64.7 Å². The molecule has 2 aliphatic heterocycles. The van der Waals surface area contributed by atoms with Gasteiger partial charge in [0, 0.05) is 19.2 Å². The molecule has 5 nitrogen and oxygen atoms in total. The van der Waals surface area contributed by atoms with Gasteiger partial charge < -0.3 is 19.7 Å². The minimum absolute atomic E-state index is 0.0272. The molecule has 0 aliphatic carbocycles. The molecule has 2 aromatic carbocycles. The van der Waals surface area contributed by atoms with E-state index < -0.39 is 0 Å². The van der Waals surface area contributed by atoms with Crippen molar-refractivity contribution in [2.75, 3.05) is 40.4 Å². The van der Waals surface area contributed by atoms with E-state index in [-0.39, 0.29) is 12.0 Å². The van der Waals surface area contributed by atoms with Crippen molar-refractivity contribution in [1.82, 2.24) is 10.2 Å². The number of hydrogen-bond acceptors (Lipinski definition) is 4. The second-order valence-corrected chi connectivity index (χ2v) is 8.99. The van der Waals surface area contributed by atoms with E-state index in [0.717, 1.165) is 50.4 Å². The van der Waals surface area contributed by atoms with Gasteiger partial charge in [-0.1, -0.05) is 38.5 Å². The third-order valence-electron chi connectivity index (χ3n) is 6.55. The summed E-state index contributed by atoms with van der Waals surface area (Å²) in [5.74, 6) is 1.54. The average Bonchev–Trinajstić information content (AvgIpc) is 2.87. The highest BCUT2D eigenvalue weighted by Gasteiger charge is 2.25. The third-order valence-corrected chi connectivity index (χ3v) is 6.55. The molecule has 1 N–H and O–H groups in total. The maximum atomic E-state index is 11.9. The Bertz CT molecular complexity index is 873. The fraction of sp³-hybridized carbons (Fsp3) is 0.536.